The van der Waals surface area contributed by atoms with E-state index in [2.05, 4.69) is 4.90 Å². The first-order valence-corrected chi connectivity index (χ1v) is 5.42. The van der Waals surface area contributed by atoms with Crippen LogP contribution in [0.2, 0.25) is 0 Å². The first-order chi connectivity index (χ1) is 7.20. The van der Waals surface area contributed by atoms with E-state index in [0.717, 1.165) is 39.3 Å². The second-order valence-corrected chi connectivity index (χ2v) is 3.76. The summed E-state index contributed by atoms with van der Waals surface area (Å²) in [4.78, 5) is 13.3. The van der Waals surface area contributed by atoms with Gasteiger partial charge in [0.2, 0.25) is 0 Å². The highest BCUT2D eigenvalue weighted by atomic mass is 16.5. The predicted molar refractivity (Wildman–Crippen MR) is 56.5 cm³/mol. The molecule has 1 atom stereocenters. The zero-order valence-corrected chi connectivity index (χ0v) is 9.28. The Kier molecular flexibility index (Phi) is 5.60. The summed E-state index contributed by atoms with van der Waals surface area (Å²) in [5.41, 5.74) is 5.36. The van der Waals surface area contributed by atoms with Crippen LogP contribution in [-0.4, -0.2) is 56.4 Å². The number of nitrogens with zero attached hydrogens (tertiary/aromatic N) is 1. The molecule has 0 spiro atoms. The van der Waals surface area contributed by atoms with Crippen LogP contribution in [0.3, 0.4) is 0 Å². The van der Waals surface area contributed by atoms with Crippen molar-refractivity contribution in [2.45, 2.75) is 19.4 Å². The van der Waals surface area contributed by atoms with E-state index in [1.165, 1.54) is 0 Å². The average molecular weight is 216 g/mol. The largest absolute Gasteiger partial charge is 0.464 e. The summed E-state index contributed by atoms with van der Waals surface area (Å²) in [5.74, 6) is -0.322. The van der Waals surface area contributed by atoms with Crippen LogP contribution >= 0.6 is 0 Å². The lowest BCUT2D eigenvalue weighted by molar-refractivity contribution is -0.145. The molecule has 0 amide bonds. The third-order valence-electron chi connectivity index (χ3n) is 2.34. The van der Waals surface area contributed by atoms with Crippen LogP contribution in [0.5, 0.6) is 0 Å². The zero-order chi connectivity index (χ0) is 11.1. The number of ether oxygens (including phenoxy) is 2. The number of hydrogen-bond acceptors (Lipinski definition) is 5. The Morgan fingerprint density at radius 3 is 2.80 bits per heavy atom. The van der Waals surface area contributed by atoms with Crippen molar-refractivity contribution < 1.29 is 14.3 Å². The van der Waals surface area contributed by atoms with E-state index in [-0.39, 0.29) is 5.97 Å². The monoisotopic (exact) mass is 216 g/mol. The van der Waals surface area contributed by atoms with Crippen LogP contribution in [0.15, 0.2) is 0 Å². The molecule has 0 aromatic heterocycles. The van der Waals surface area contributed by atoms with Gasteiger partial charge in [-0.25, -0.2) is 0 Å². The molecule has 1 saturated heterocycles. The van der Waals surface area contributed by atoms with Crippen molar-refractivity contribution in [3.8, 4) is 0 Å². The molecule has 0 radical (unpaired) electrons. The van der Waals surface area contributed by atoms with Crippen molar-refractivity contribution >= 4 is 5.97 Å². The molecule has 0 aliphatic carbocycles. The van der Waals surface area contributed by atoms with Crippen molar-refractivity contribution in [1.82, 2.24) is 4.90 Å². The standard InChI is InChI=1S/C10H20N2O3/c1-9(11)10(13)15-6-2-3-12-4-7-14-8-5-12/h9H,2-8,11H2,1H3/t9-/m0/s1. The van der Waals surface area contributed by atoms with Crippen LogP contribution in [-0.2, 0) is 14.3 Å². The molecule has 0 aromatic carbocycles. The van der Waals surface area contributed by atoms with Gasteiger partial charge in [0.1, 0.15) is 6.04 Å². The van der Waals surface area contributed by atoms with Crippen molar-refractivity contribution in [3.05, 3.63) is 0 Å². The van der Waals surface area contributed by atoms with E-state index < -0.39 is 6.04 Å². The molecular formula is C10H20N2O3. The van der Waals surface area contributed by atoms with Gasteiger partial charge in [0.15, 0.2) is 0 Å². The number of nitrogens with two attached hydrogens (primary N) is 1. The van der Waals surface area contributed by atoms with E-state index >= 15 is 0 Å². The summed E-state index contributed by atoms with van der Waals surface area (Å²) in [6.45, 7) is 6.60. The van der Waals surface area contributed by atoms with Gasteiger partial charge in [0.25, 0.3) is 0 Å². The third kappa shape index (κ3) is 5.11. The minimum absolute atomic E-state index is 0.322. The summed E-state index contributed by atoms with van der Waals surface area (Å²) in [5, 5.41) is 0. The van der Waals surface area contributed by atoms with Crippen LogP contribution in [0.25, 0.3) is 0 Å². The predicted octanol–water partition coefficient (Wildman–Crippen LogP) is -0.401. The highest BCUT2D eigenvalue weighted by molar-refractivity contribution is 5.74. The van der Waals surface area contributed by atoms with Gasteiger partial charge in [-0.05, 0) is 13.3 Å². The van der Waals surface area contributed by atoms with Gasteiger partial charge in [-0.15, -0.1) is 0 Å². The smallest absolute Gasteiger partial charge is 0.322 e. The van der Waals surface area contributed by atoms with Crippen molar-refractivity contribution in [2.24, 2.45) is 5.73 Å². The molecule has 15 heavy (non-hydrogen) atoms. The molecule has 5 nitrogen and oxygen atoms in total. The van der Waals surface area contributed by atoms with E-state index in [1.807, 2.05) is 0 Å². The molecule has 2 N–H and O–H groups in total. The molecule has 0 saturated carbocycles. The minimum Gasteiger partial charge on any atom is -0.464 e. The number of esters is 1. The van der Waals surface area contributed by atoms with Crippen LogP contribution in [0.4, 0.5) is 0 Å². The molecule has 1 aliphatic rings. The van der Waals surface area contributed by atoms with Gasteiger partial charge in [-0.1, -0.05) is 0 Å². The molecule has 1 fully saturated rings. The van der Waals surface area contributed by atoms with Gasteiger partial charge in [0.05, 0.1) is 19.8 Å². The molecule has 1 aliphatic heterocycles. The van der Waals surface area contributed by atoms with Crippen LogP contribution in [0.1, 0.15) is 13.3 Å². The Labute approximate surface area is 90.5 Å². The lowest BCUT2D eigenvalue weighted by Gasteiger charge is -2.26. The number of morpholine rings is 1. The van der Waals surface area contributed by atoms with Gasteiger partial charge in [0, 0.05) is 19.6 Å². The highest BCUT2D eigenvalue weighted by Gasteiger charge is 2.11. The van der Waals surface area contributed by atoms with E-state index in [4.69, 9.17) is 15.2 Å². The number of rotatable bonds is 5. The van der Waals surface area contributed by atoms with E-state index in [1.54, 1.807) is 6.92 Å². The molecule has 1 heterocycles. The topological polar surface area (TPSA) is 64.8 Å². The first kappa shape index (κ1) is 12.4. The van der Waals surface area contributed by atoms with Crippen LogP contribution in [0, 0.1) is 0 Å². The fraction of sp³-hybridized carbons (Fsp3) is 0.900. The number of carbonyl (C=O) groups is 1. The fourth-order valence-corrected chi connectivity index (χ4v) is 1.42. The number of hydrogen-bond donors (Lipinski definition) is 1. The summed E-state index contributed by atoms with van der Waals surface area (Å²) >= 11 is 0. The zero-order valence-electron chi connectivity index (χ0n) is 9.28. The highest BCUT2D eigenvalue weighted by Crippen LogP contribution is 1.98. The summed E-state index contributed by atoms with van der Waals surface area (Å²) in [6, 6.07) is -0.520. The third-order valence-corrected chi connectivity index (χ3v) is 2.34. The lowest BCUT2D eigenvalue weighted by Crippen LogP contribution is -2.37. The Morgan fingerprint density at radius 1 is 1.53 bits per heavy atom. The molecule has 0 bridgehead atoms. The summed E-state index contributed by atoms with van der Waals surface area (Å²) < 4.78 is 10.2. The summed E-state index contributed by atoms with van der Waals surface area (Å²) in [7, 11) is 0. The lowest BCUT2D eigenvalue weighted by atomic mass is 10.3. The SMILES string of the molecule is C[C@H](N)C(=O)OCCCN1CCOCC1. The second-order valence-electron chi connectivity index (χ2n) is 3.76. The second kappa shape index (κ2) is 6.76. The van der Waals surface area contributed by atoms with E-state index in [0.29, 0.717) is 6.61 Å². The van der Waals surface area contributed by atoms with Crippen molar-refractivity contribution in [2.75, 3.05) is 39.5 Å². The first-order valence-electron chi connectivity index (χ1n) is 5.42. The maximum atomic E-state index is 11.0. The van der Waals surface area contributed by atoms with Crippen molar-refractivity contribution in [1.29, 1.82) is 0 Å². The minimum atomic E-state index is -0.520. The fourth-order valence-electron chi connectivity index (χ4n) is 1.42. The average Bonchev–Trinajstić information content (AvgIpc) is 2.25. The van der Waals surface area contributed by atoms with Gasteiger partial charge in [-0.2, -0.15) is 0 Å². The Hall–Kier alpha value is -0.650. The Morgan fingerprint density at radius 2 is 2.20 bits per heavy atom. The van der Waals surface area contributed by atoms with Gasteiger partial charge < -0.3 is 15.2 Å². The quantitative estimate of drug-likeness (QED) is 0.500. The maximum Gasteiger partial charge on any atom is 0.322 e. The van der Waals surface area contributed by atoms with Gasteiger partial charge in [-0.3, -0.25) is 9.69 Å². The van der Waals surface area contributed by atoms with E-state index in [9.17, 15) is 4.79 Å². The van der Waals surface area contributed by atoms with Crippen molar-refractivity contribution in [3.63, 3.8) is 0 Å². The maximum absolute atomic E-state index is 11.0. The Bertz CT molecular complexity index is 191. The molecule has 5 heteroatoms. The normalized spacial score (nSPS) is 19.9. The van der Waals surface area contributed by atoms with Gasteiger partial charge >= 0.3 is 5.97 Å². The Balaban J connectivity index is 1.98. The summed E-state index contributed by atoms with van der Waals surface area (Å²) in [6.07, 6.45) is 0.860. The molecule has 1 rings (SSSR count). The molecule has 0 aromatic rings. The molecular weight excluding hydrogens is 196 g/mol. The molecule has 0 unspecified atom stereocenters. The van der Waals surface area contributed by atoms with Crippen LogP contribution < -0.4 is 5.73 Å². The number of carbonyl (C=O) groups excluding carboxylic acids is 1. The molecule has 88 valence electrons.